The van der Waals surface area contributed by atoms with Crippen LogP contribution < -0.4 is 0 Å². The molecule has 280 valence electrons. The Morgan fingerprint density at radius 2 is 1.40 bits per heavy atom. The molecule has 8 rings (SSSR count). The lowest BCUT2D eigenvalue weighted by atomic mass is 9.76. The van der Waals surface area contributed by atoms with E-state index >= 15 is 0 Å². The predicted octanol–water partition coefficient (Wildman–Crippen LogP) is 10.1. The number of amides is 2. The van der Waals surface area contributed by atoms with Gasteiger partial charge < -0.3 is 9.47 Å². The highest BCUT2D eigenvalue weighted by molar-refractivity contribution is 8.00. The predicted molar refractivity (Wildman–Crippen MR) is 219 cm³/mol. The van der Waals surface area contributed by atoms with Crippen LogP contribution in [-0.2, 0) is 21.3 Å². The molecule has 2 aromatic rings. The van der Waals surface area contributed by atoms with Crippen molar-refractivity contribution in [2.24, 2.45) is 9.98 Å². The van der Waals surface area contributed by atoms with Gasteiger partial charge in [0.1, 0.15) is 16.6 Å². The van der Waals surface area contributed by atoms with Gasteiger partial charge in [0.25, 0.3) is 0 Å². The number of nitrogens with zero attached hydrogens (tertiary/aromatic N) is 4. The molecule has 0 radical (unpaired) electrons. The maximum Gasteiger partial charge on any atom is 0.411 e. The third-order valence-electron chi connectivity index (χ3n) is 11.4. The molecule has 0 unspecified atom stereocenters. The van der Waals surface area contributed by atoms with Crippen molar-refractivity contribution in [1.82, 2.24) is 9.80 Å². The van der Waals surface area contributed by atoms with E-state index in [0.717, 1.165) is 42.2 Å². The zero-order valence-corrected chi connectivity index (χ0v) is 33.6. The van der Waals surface area contributed by atoms with Crippen molar-refractivity contribution in [3.05, 3.63) is 71.1 Å². The molecule has 4 heterocycles. The van der Waals surface area contributed by atoms with Crippen molar-refractivity contribution in [1.29, 1.82) is 0 Å². The fourth-order valence-corrected chi connectivity index (χ4v) is 11.4. The number of benzene rings is 2. The second kappa shape index (κ2) is 14.0. The lowest BCUT2D eigenvalue weighted by Crippen LogP contribution is -2.44. The number of fused-ring (bicyclic) bond motifs is 2. The van der Waals surface area contributed by atoms with Crippen molar-refractivity contribution < 1.29 is 19.1 Å². The minimum atomic E-state index is -0.526. The van der Waals surface area contributed by atoms with Crippen molar-refractivity contribution >= 4 is 58.3 Å². The van der Waals surface area contributed by atoms with Crippen molar-refractivity contribution in [3.8, 4) is 11.1 Å². The van der Waals surface area contributed by atoms with Crippen molar-refractivity contribution in [3.63, 3.8) is 0 Å². The second-order valence-electron chi connectivity index (χ2n) is 17.3. The molecule has 0 N–H and O–H groups in total. The van der Waals surface area contributed by atoms with Crippen LogP contribution in [0.25, 0.3) is 22.3 Å². The molecule has 8 nitrogen and oxygen atoms in total. The molecule has 0 bridgehead atoms. The minimum Gasteiger partial charge on any atom is -0.444 e. The summed E-state index contributed by atoms with van der Waals surface area (Å²) in [5.41, 5.74) is 11.9. The molecular weight excluding hydrogens is 701 g/mol. The number of allylic oxidation sites excluding steroid dienone is 2. The van der Waals surface area contributed by atoms with Crippen LogP contribution in [0.4, 0.5) is 9.59 Å². The molecule has 1 saturated carbocycles. The average Bonchev–Trinajstić information content (AvgIpc) is 3.95. The maximum absolute atomic E-state index is 13.1. The first-order valence-corrected chi connectivity index (χ1v) is 21.5. The van der Waals surface area contributed by atoms with Gasteiger partial charge in [-0.3, -0.25) is 19.8 Å². The van der Waals surface area contributed by atoms with E-state index in [9.17, 15) is 9.59 Å². The van der Waals surface area contributed by atoms with Crippen molar-refractivity contribution in [2.45, 2.75) is 121 Å². The fourth-order valence-electron chi connectivity index (χ4n) is 9.02. The highest BCUT2D eigenvalue weighted by Gasteiger charge is 2.44. The summed E-state index contributed by atoms with van der Waals surface area (Å²) in [6.45, 7) is 12.2. The number of aliphatic imine (C=N–C) groups is 2. The number of rotatable bonds is 5. The Hall–Kier alpha value is -3.50. The summed E-state index contributed by atoms with van der Waals surface area (Å²) in [6.07, 6.45) is 12.4. The summed E-state index contributed by atoms with van der Waals surface area (Å²) in [4.78, 5) is 39.5. The third kappa shape index (κ3) is 7.22. The van der Waals surface area contributed by atoms with Crippen LogP contribution in [0.5, 0.6) is 0 Å². The van der Waals surface area contributed by atoms with Gasteiger partial charge in [-0.2, -0.15) is 0 Å². The molecule has 2 atom stereocenters. The fraction of sp³-hybridized carbons (Fsp3) is 0.535. The average molecular weight is 753 g/mol. The van der Waals surface area contributed by atoms with Crippen LogP contribution in [0.3, 0.4) is 0 Å². The van der Waals surface area contributed by atoms with Gasteiger partial charge in [-0.1, -0.05) is 49.2 Å². The standard InChI is InChI=1S/C43H52N4O4S2/c1-41(2,3)50-39(48)46-19-20-53-38(46)35-21-29(23-45-35)27-9-11-28(12-10-27)32-14-13-31(33-15-18-43(37(32)33)16-7-8-17-43)30-22-34(44-24-30)36-25-52-26-47(36)40(49)51-42(4,5)6/h9-14,23-24,36,38H,7-8,15-22,25-26H2,1-6H3/t36-,38-/m0/s1. The number of ether oxygens (including phenoxy) is 2. The highest BCUT2D eigenvalue weighted by Crippen LogP contribution is 2.55. The third-order valence-corrected chi connectivity index (χ3v) is 13.7. The molecule has 2 amide bonds. The Morgan fingerprint density at radius 3 is 2.11 bits per heavy atom. The monoisotopic (exact) mass is 752 g/mol. The zero-order valence-electron chi connectivity index (χ0n) is 32.0. The van der Waals surface area contributed by atoms with Crippen LogP contribution >= 0.6 is 23.5 Å². The van der Waals surface area contributed by atoms with Gasteiger partial charge in [0.2, 0.25) is 0 Å². The zero-order chi connectivity index (χ0) is 37.1. The molecule has 0 aromatic heterocycles. The van der Waals surface area contributed by atoms with Crippen LogP contribution in [-0.4, -0.2) is 80.0 Å². The second-order valence-corrected chi connectivity index (χ2v) is 19.5. The van der Waals surface area contributed by atoms with E-state index < -0.39 is 11.2 Å². The van der Waals surface area contributed by atoms with Gasteiger partial charge in [-0.15, -0.1) is 23.5 Å². The van der Waals surface area contributed by atoms with Crippen LogP contribution in [0.2, 0.25) is 0 Å². The van der Waals surface area contributed by atoms with E-state index in [1.807, 2.05) is 57.5 Å². The van der Waals surface area contributed by atoms with Crippen LogP contribution in [0.15, 0.2) is 58.8 Å². The lowest BCUT2D eigenvalue weighted by Gasteiger charge is -2.29. The largest absolute Gasteiger partial charge is 0.444 e. The Labute approximate surface area is 322 Å². The van der Waals surface area contributed by atoms with Gasteiger partial charge in [0, 0.05) is 49.0 Å². The van der Waals surface area contributed by atoms with E-state index in [1.54, 1.807) is 29.1 Å². The summed E-state index contributed by atoms with van der Waals surface area (Å²) in [5, 5.41) is -0.0843. The summed E-state index contributed by atoms with van der Waals surface area (Å²) in [5.74, 6) is 2.37. The Morgan fingerprint density at radius 1 is 0.774 bits per heavy atom. The summed E-state index contributed by atoms with van der Waals surface area (Å²) < 4.78 is 11.5. The number of carbonyl (C=O) groups excluding carboxylic acids is 2. The maximum atomic E-state index is 13.1. The number of carbonyl (C=O) groups is 2. The topological polar surface area (TPSA) is 83.8 Å². The van der Waals surface area contributed by atoms with Gasteiger partial charge in [-0.25, -0.2) is 9.59 Å². The summed E-state index contributed by atoms with van der Waals surface area (Å²) >= 11 is 3.54. The SMILES string of the molecule is CC(C)(C)OC(=O)N1CSC[C@H]1C1=NC=C(c2ccc(-c3ccc(C4=CN=C([C@@H]5SCCN5C(=O)OC(C)(C)C)C4)cc3)c3c2CCC32CCCC2)C1. The van der Waals surface area contributed by atoms with Gasteiger partial charge in [0.05, 0.1) is 17.6 Å². The summed E-state index contributed by atoms with van der Waals surface area (Å²) in [7, 11) is 0. The molecule has 10 heteroatoms. The van der Waals surface area contributed by atoms with E-state index in [0.29, 0.717) is 12.4 Å². The number of hydrogen-bond donors (Lipinski definition) is 0. The van der Waals surface area contributed by atoms with E-state index in [-0.39, 0.29) is 29.0 Å². The first-order valence-electron chi connectivity index (χ1n) is 19.3. The van der Waals surface area contributed by atoms with E-state index in [4.69, 9.17) is 19.5 Å². The highest BCUT2D eigenvalue weighted by atomic mass is 32.2. The first-order chi connectivity index (χ1) is 25.3. The molecule has 2 aromatic carbocycles. The number of thioether (sulfide) groups is 2. The molecule has 3 fully saturated rings. The summed E-state index contributed by atoms with van der Waals surface area (Å²) in [6, 6.07) is 13.8. The molecule has 2 aliphatic carbocycles. The van der Waals surface area contributed by atoms with E-state index in [2.05, 4.69) is 42.6 Å². The molecule has 53 heavy (non-hydrogen) atoms. The quantitative estimate of drug-likeness (QED) is 0.302. The Bertz CT molecular complexity index is 1930. The first kappa shape index (κ1) is 36.5. The lowest BCUT2D eigenvalue weighted by molar-refractivity contribution is 0.0270. The van der Waals surface area contributed by atoms with Gasteiger partial charge >= 0.3 is 12.2 Å². The van der Waals surface area contributed by atoms with Crippen LogP contribution in [0, 0.1) is 0 Å². The van der Waals surface area contributed by atoms with Gasteiger partial charge in [0.15, 0.2) is 0 Å². The van der Waals surface area contributed by atoms with Crippen molar-refractivity contribution in [2.75, 3.05) is 23.9 Å². The Balaban J connectivity index is 0.999. The van der Waals surface area contributed by atoms with Gasteiger partial charge in [-0.05, 0) is 117 Å². The van der Waals surface area contributed by atoms with Crippen LogP contribution in [0.1, 0.15) is 109 Å². The number of hydrogen-bond acceptors (Lipinski definition) is 8. The Kier molecular flexibility index (Phi) is 9.62. The molecule has 4 aliphatic heterocycles. The molecule has 2 saturated heterocycles. The van der Waals surface area contributed by atoms with E-state index in [1.165, 1.54) is 71.1 Å². The molecular formula is C43H52N4O4S2. The molecule has 1 spiro atoms. The normalized spacial score (nSPS) is 23.7. The minimum absolute atomic E-state index is 0.0343. The smallest absolute Gasteiger partial charge is 0.411 e. The molecule has 6 aliphatic rings.